The van der Waals surface area contributed by atoms with Crippen molar-refractivity contribution in [1.82, 2.24) is 14.7 Å². The molecule has 44 heavy (non-hydrogen) atoms. The Hall–Kier alpha value is -2.89. The minimum Gasteiger partial charge on any atom is -0.457 e. The van der Waals surface area contributed by atoms with E-state index >= 15 is 0 Å². The predicted octanol–water partition coefficient (Wildman–Crippen LogP) is 3.76. The lowest BCUT2D eigenvalue weighted by atomic mass is 9.87. The molecular weight excluding hydrogens is 566 g/mol. The summed E-state index contributed by atoms with van der Waals surface area (Å²) >= 11 is 0. The number of amides is 2. The summed E-state index contributed by atoms with van der Waals surface area (Å²) in [6, 6.07) is 0. The zero-order chi connectivity index (χ0) is 32.4. The molecule has 7 atom stereocenters. The van der Waals surface area contributed by atoms with Crippen molar-refractivity contribution in [1.29, 1.82) is 0 Å². The second-order valence-electron chi connectivity index (χ2n) is 13.2. The first kappa shape index (κ1) is 35.6. The van der Waals surface area contributed by atoms with Gasteiger partial charge >= 0.3 is 18.2 Å². The number of nitrogens with zero attached hydrogens (tertiary/aromatic N) is 3. The molecule has 3 aliphatic rings. The smallest absolute Gasteiger partial charge is 0.410 e. The second-order valence-corrected chi connectivity index (χ2v) is 13.2. The highest BCUT2D eigenvalue weighted by atomic mass is 16.6. The van der Waals surface area contributed by atoms with Crippen LogP contribution >= 0.6 is 0 Å². The van der Waals surface area contributed by atoms with Crippen LogP contribution in [0.3, 0.4) is 0 Å². The van der Waals surface area contributed by atoms with Crippen LogP contribution in [0.15, 0.2) is 36.0 Å². The van der Waals surface area contributed by atoms with Gasteiger partial charge in [0.05, 0.1) is 12.7 Å². The molecule has 0 spiro atoms. The largest absolute Gasteiger partial charge is 0.457 e. The number of aliphatic hydroxyl groups is 2. The molecular formula is C33H53N3O8. The topological polar surface area (TPSA) is 129 Å². The summed E-state index contributed by atoms with van der Waals surface area (Å²) in [6.07, 6.45) is 8.16. The molecule has 0 unspecified atom stereocenters. The van der Waals surface area contributed by atoms with Crippen LogP contribution in [0.4, 0.5) is 9.59 Å². The average Bonchev–Trinajstić information content (AvgIpc) is 3.41. The van der Waals surface area contributed by atoms with Gasteiger partial charge in [0.15, 0.2) is 6.10 Å². The number of aliphatic hydroxyl groups excluding tert-OH is 1. The number of rotatable bonds is 6. The Balaban J connectivity index is 1.70. The van der Waals surface area contributed by atoms with Crippen molar-refractivity contribution in [3.05, 3.63) is 36.0 Å². The van der Waals surface area contributed by atoms with E-state index in [4.69, 9.17) is 14.2 Å². The van der Waals surface area contributed by atoms with Gasteiger partial charge in [0.2, 0.25) is 0 Å². The van der Waals surface area contributed by atoms with Gasteiger partial charge in [0.1, 0.15) is 11.7 Å². The van der Waals surface area contributed by atoms with Crippen LogP contribution in [-0.4, -0.2) is 120 Å². The molecule has 0 bridgehead atoms. The Morgan fingerprint density at radius 3 is 2.48 bits per heavy atom. The maximum atomic E-state index is 13.0. The zero-order valence-electron chi connectivity index (χ0n) is 27.3. The lowest BCUT2D eigenvalue weighted by Crippen LogP contribution is -2.50. The summed E-state index contributed by atoms with van der Waals surface area (Å²) in [6.45, 7) is 13.1. The molecule has 0 aromatic rings. The summed E-state index contributed by atoms with van der Waals surface area (Å²) in [4.78, 5) is 43.5. The van der Waals surface area contributed by atoms with E-state index in [2.05, 4.69) is 4.90 Å². The number of piperazine rings is 1. The fraction of sp³-hybridized carbons (Fsp3) is 0.727. The fourth-order valence-corrected chi connectivity index (χ4v) is 5.54. The first-order chi connectivity index (χ1) is 20.7. The Morgan fingerprint density at radius 2 is 1.82 bits per heavy atom. The van der Waals surface area contributed by atoms with Crippen molar-refractivity contribution in [2.24, 2.45) is 17.8 Å². The maximum absolute atomic E-state index is 13.0. The summed E-state index contributed by atoms with van der Waals surface area (Å²) in [5, 5.41) is 21.1. The van der Waals surface area contributed by atoms with Crippen LogP contribution in [0.1, 0.15) is 60.3 Å². The van der Waals surface area contributed by atoms with Crippen LogP contribution in [0, 0.1) is 17.8 Å². The number of allylic oxidation sites excluding steroid dienone is 2. The van der Waals surface area contributed by atoms with Gasteiger partial charge in [0.25, 0.3) is 0 Å². The SMILES string of the molecule is C/C(=C\C=C\[C@@H](C)COC(=O)N1CC[C@@H](O)C1)[C@H]1OC(=O)C[C@H](C)CC[C@@](C)(O)[C@@H](OC(=O)N2CCN(C)CC2)/C=C/[C@@H]1C. The highest BCUT2D eigenvalue weighted by molar-refractivity contribution is 5.70. The molecule has 0 saturated carbocycles. The van der Waals surface area contributed by atoms with Crippen LogP contribution in [0.2, 0.25) is 0 Å². The number of hydrogen-bond acceptors (Lipinski definition) is 9. The zero-order valence-corrected chi connectivity index (χ0v) is 27.3. The molecule has 3 heterocycles. The van der Waals surface area contributed by atoms with Crippen molar-refractivity contribution in [3.63, 3.8) is 0 Å². The Morgan fingerprint density at radius 1 is 1.11 bits per heavy atom. The van der Waals surface area contributed by atoms with Crippen LogP contribution in [0.25, 0.3) is 0 Å². The molecule has 2 saturated heterocycles. The molecule has 11 heteroatoms. The highest BCUT2D eigenvalue weighted by Crippen LogP contribution is 2.29. The summed E-state index contributed by atoms with van der Waals surface area (Å²) < 4.78 is 17.3. The van der Waals surface area contributed by atoms with Crippen molar-refractivity contribution in [2.75, 3.05) is 52.9 Å². The number of likely N-dealkylation sites (N-methyl/N-ethyl adjacent to an activating group) is 1. The summed E-state index contributed by atoms with van der Waals surface area (Å²) in [5.41, 5.74) is -0.489. The molecule has 0 aromatic heterocycles. The van der Waals surface area contributed by atoms with E-state index in [1.54, 1.807) is 17.9 Å². The number of likely N-dealkylation sites (tertiary alicyclic amines) is 1. The first-order valence-corrected chi connectivity index (χ1v) is 15.9. The lowest BCUT2D eigenvalue weighted by molar-refractivity contribution is -0.150. The van der Waals surface area contributed by atoms with E-state index in [9.17, 15) is 24.6 Å². The molecule has 3 rings (SSSR count). The van der Waals surface area contributed by atoms with E-state index < -0.39 is 36.1 Å². The number of ether oxygens (including phenoxy) is 3. The molecule has 3 aliphatic heterocycles. The number of carbonyl (C=O) groups excluding carboxylic acids is 3. The minimum atomic E-state index is -1.31. The van der Waals surface area contributed by atoms with Gasteiger partial charge < -0.3 is 39.1 Å². The third-order valence-corrected chi connectivity index (χ3v) is 8.72. The van der Waals surface area contributed by atoms with E-state index in [0.29, 0.717) is 45.4 Å². The standard InChI is InChI=1S/C33H53N3O8/c1-23-12-14-33(5,41)28(43-32(40)35-18-16-34(6)17-19-35)11-10-26(4)30(44-29(38)20-23)25(3)9-7-8-24(2)22-42-31(39)36-15-13-27(37)21-36/h7-11,23-24,26-28,30,37,41H,12-22H2,1-6H3/b8-7+,11-10+,25-9+/t23-,24-,26+,27-,28+,30-,33-/m1/s1. The van der Waals surface area contributed by atoms with Gasteiger partial charge in [-0.3, -0.25) is 4.79 Å². The number of hydrogen-bond donors (Lipinski definition) is 2. The molecule has 0 aromatic carbocycles. The molecule has 2 N–H and O–H groups in total. The Labute approximate surface area is 262 Å². The van der Waals surface area contributed by atoms with Gasteiger partial charge in [-0.25, -0.2) is 9.59 Å². The van der Waals surface area contributed by atoms with Crippen LogP contribution in [-0.2, 0) is 19.0 Å². The van der Waals surface area contributed by atoms with E-state index in [1.165, 1.54) is 4.90 Å². The maximum Gasteiger partial charge on any atom is 0.410 e. The molecule has 2 fully saturated rings. The molecule has 0 aliphatic carbocycles. The number of cyclic esters (lactones) is 1. The molecule has 248 valence electrons. The minimum absolute atomic E-state index is 0.0288. The summed E-state index contributed by atoms with van der Waals surface area (Å²) in [5.74, 6) is -0.650. The third kappa shape index (κ3) is 10.9. The van der Waals surface area contributed by atoms with Crippen molar-refractivity contribution in [2.45, 2.75) is 84.2 Å². The summed E-state index contributed by atoms with van der Waals surface area (Å²) in [7, 11) is 2.02. The first-order valence-electron chi connectivity index (χ1n) is 15.9. The van der Waals surface area contributed by atoms with Gasteiger partial charge in [-0.05, 0) is 57.7 Å². The Bertz CT molecular complexity index is 1070. The second kappa shape index (κ2) is 16.4. The molecule has 11 nitrogen and oxygen atoms in total. The van der Waals surface area contributed by atoms with Crippen molar-refractivity contribution >= 4 is 18.2 Å². The van der Waals surface area contributed by atoms with Crippen molar-refractivity contribution in [3.8, 4) is 0 Å². The Kier molecular flexibility index (Phi) is 13.3. The number of carbonyl (C=O) groups is 3. The van der Waals surface area contributed by atoms with E-state index in [1.807, 2.05) is 59.0 Å². The van der Waals surface area contributed by atoms with Crippen LogP contribution < -0.4 is 0 Å². The quantitative estimate of drug-likeness (QED) is 0.198. The monoisotopic (exact) mass is 619 g/mol. The van der Waals surface area contributed by atoms with E-state index in [-0.39, 0.29) is 36.8 Å². The van der Waals surface area contributed by atoms with Crippen molar-refractivity contribution < 1.29 is 38.8 Å². The van der Waals surface area contributed by atoms with Gasteiger partial charge in [-0.1, -0.05) is 45.1 Å². The van der Waals surface area contributed by atoms with Gasteiger partial charge in [-0.15, -0.1) is 0 Å². The van der Waals surface area contributed by atoms with Gasteiger partial charge in [0, 0.05) is 57.5 Å². The van der Waals surface area contributed by atoms with Crippen LogP contribution in [0.5, 0.6) is 0 Å². The molecule has 2 amide bonds. The predicted molar refractivity (Wildman–Crippen MR) is 167 cm³/mol. The number of β-amino-alcohol motifs (C(OH)–C–C–N with tert-alkyl or cyclic N) is 1. The fourth-order valence-electron chi connectivity index (χ4n) is 5.54. The third-order valence-electron chi connectivity index (χ3n) is 8.72. The average molecular weight is 620 g/mol. The molecule has 0 radical (unpaired) electrons. The highest BCUT2D eigenvalue weighted by Gasteiger charge is 2.36. The normalized spacial score (nSPS) is 32.9. The van der Waals surface area contributed by atoms with E-state index in [0.717, 1.165) is 18.7 Å². The lowest BCUT2D eigenvalue weighted by Gasteiger charge is -2.36. The number of esters is 1. The van der Waals surface area contributed by atoms with Gasteiger partial charge in [-0.2, -0.15) is 0 Å².